The van der Waals surface area contributed by atoms with E-state index in [-0.39, 0.29) is 10.0 Å². The molecule has 0 aliphatic heterocycles. The summed E-state index contributed by atoms with van der Waals surface area (Å²) in [7, 11) is -2.66. The molecule has 2 atom stereocenters. The molecule has 0 fully saturated rings. The van der Waals surface area contributed by atoms with E-state index in [0.29, 0.717) is 22.3 Å². The summed E-state index contributed by atoms with van der Waals surface area (Å²) in [4.78, 5) is 4.15. The third-order valence-corrected chi connectivity index (χ3v) is 6.96. The number of rotatable bonds is 8. The molecule has 1 N–H and O–H groups in total. The molecule has 10 heteroatoms. The summed E-state index contributed by atoms with van der Waals surface area (Å²) in [6.45, 7) is 1.26. The number of aromatic nitrogens is 2. The van der Waals surface area contributed by atoms with Gasteiger partial charge in [0.2, 0.25) is 5.88 Å². The van der Waals surface area contributed by atoms with Crippen LogP contribution in [0.25, 0.3) is 10.9 Å². The van der Waals surface area contributed by atoms with E-state index in [1.807, 2.05) is 6.92 Å². The van der Waals surface area contributed by atoms with E-state index in [9.17, 15) is 17.9 Å². The summed E-state index contributed by atoms with van der Waals surface area (Å²) in [6.07, 6.45) is 0.279. The van der Waals surface area contributed by atoms with Crippen LogP contribution < -0.4 is 4.74 Å². The molecule has 0 aliphatic rings. The van der Waals surface area contributed by atoms with E-state index in [1.54, 1.807) is 41.1 Å². The van der Waals surface area contributed by atoms with Crippen LogP contribution >= 0.6 is 11.6 Å². The summed E-state index contributed by atoms with van der Waals surface area (Å²) in [5.41, 5.74) is 1.76. The van der Waals surface area contributed by atoms with Crippen molar-refractivity contribution in [2.45, 2.75) is 24.0 Å². The van der Waals surface area contributed by atoms with Crippen LogP contribution in [0.4, 0.5) is 4.39 Å². The highest BCUT2D eigenvalue weighted by Gasteiger charge is 2.28. The minimum absolute atomic E-state index is 0.0293. The van der Waals surface area contributed by atoms with Gasteiger partial charge < -0.3 is 14.4 Å². The maximum absolute atomic E-state index is 14.1. The van der Waals surface area contributed by atoms with Crippen molar-refractivity contribution in [3.05, 3.63) is 89.0 Å². The van der Waals surface area contributed by atoms with E-state index < -0.39 is 34.7 Å². The second kappa shape index (κ2) is 9.71. The van der Waals surface area contributed by atoms with Gasteiger partial charge in [0.05, 0.1) is 30.2 Å². The Kier molecular flexibility index (Phi) is 6.90. The molecule has 0 saturated carbocycles. The summed E-state index contributed by atoms with van der Waals surface area (Å²) in [5.74, 6) is -0.198. The molecule has 0 aliphatic carbocycles. The van der Waals surface area contributed by atoms with Gasteiger partial charge in [-0.1, -0.05) is 41.4 Å². The minimum Gasteiger partial charge on any atom is -0.481 e. The van der Waals surface area contributed by atoms with E-state index in [4.69, 9.17) is 20.5 Å². The van der Waals surface area contributed by atoms with Crippen molar-refractivity contribution >= 4 is 32.6 Å². The number of ether oxygens (including phenoxy) is 1. The van der Waals surface area contributed by atoms with Crippen LogP contribution in [-0.4, -0.2) is 42.9 Å². The zero-order valence-corrected chi connectivity index (χ0v) is 19.9. The molecule has 4 rings (SSSR count). The Morgan fingerprint density at radius 3 is 2.56 bits per heavy atom. The van der Waals surface area contributed by atoms with Crippen molar-refractivity contribution in [1.29, 1.82) is 0 Å². The second-order valence-corrected chi connectivity index (χ2v) is 9.71. The van der Waals surface area contributed by atoms with Crippen molar-refractivity contribution in [2.75, 3.05) is 13.7 Å². The summed E-state index contributed by atoms with van der Waals surface area (Å²) < 4.78 is 51.3. The summed E-state index contributed by atoms with van der Waals surface area (Å²) in [5, 5.41) is 11.9. The lowest BCUT2D eigenvalue weighted by atomic mass is 10.0. The van der Waals surface area contributed by atoms with Gasteiger partial charge in [0.25, 0.3) is 10.1 Å². The fourth-order valence-corrected chi connectivity index (χ4v) is 4.95. The molecule has 7 nitrogen and oxygen atoms in total. The maximum atomic E-state index is 14.1. The first-order chi connectivity index (χ1) is 16.2. The Morgan fingerprint density at radius 2 is 1.88 bits per heavy atom. The van der Waals surface area contributed by atoms with Gasteiger partial charge in [0, 0.05) is 17.6 Å². The number of hydrogen-bond donors (Lipinski definition) is 1. The van der Waals surface area contributed by atoms with Gasteiger partial charge in [-0.2, -0.15) is 13.4 Å². The molecule has 0 amide bonds. The van der Waals surface area contributed by atoms with Crippen molar-refractivity contribution in [3.8, 4) is 5.88 Å². The SMILES string of the molecule is COc1cc2ccn([C@@H](c3cccc(F)c3)[C@H](O)COS(=O)(=O)c3ccc(C)cc3)c2c(Cl)n1. The van der Waals surface area contributed by atoms with Gasteiger partial charge in [-0.15, -0.1) is 0 Å². The normalized spacial score (nSPS) is 13.7. The van der Waals surface area contributed by atoms with Gasteiger partial charge in [-0.05, 0) is 42.8 Å². The number of nitrogens with zero attached hydrogens (tertiary/aromatic N) is 2. The monoisotopic (exact) mass is 504 g/mol. The predicted octanol–water partition coefficient (Wildman–Crippen LogP) is 4.50. The van der Waals surface area contributed by atoms with Crippen LogP contribution in [-0.2, 0) is 14.3 Å². The summed E-state index contributed by atoms with van der Waals surface area (Å²) in [6, 6.07) is 14.3. The molecule has 2 heterocycles. The van der Waals surface area contributed by atoms with Crippen LogP contribution in [0.1, 0.15) is 17.2 Å². The highest BCUT2D eigenvalue weighted by Crippen LogP contribution is 2.33. The third kappa shape index (κ3) is 4.92. The second-order valence-electron chi connectivity index (χ2n) is 7.74. The molecule has 4 aromatic rings. The zero-order valence-electron chi connectivity index (χ0n) is 18.4. The number of aliphatic hydroxyl groups is 1. The third-order valence-electron chi connectivity index (χ3n) is 5.40. The number of pyridine rings is 1. The molecule has 0 spiro atoms. The lowest BCUT2D eigenvalue weighted by Gasteiger charge is -2.26. The molecule has 178 valence electrons. The van der Waals surface area contributed by atoms with E-state index in [0.717, 1.165) is 5.56 Å². The minimum atomic E-state index is -4.12. The van der Waals surface area contributed by atoms with E-state index >= 15 is 0 Å². The molecule has 0 bridgehead atoms. The topological polar surface area (TPSA) is 90.7 Å². The Hall–Kier alpha value is -2.98. The smallest absolute Gasteiger partial charge is 0.297 e. The van der Waals surface area contributed by atoms with Gasteiger partial charge in [-0.25, -0.2) is 4.39 Å². The predicted molar refractivity (Wildman–Crippen MR) is 126 cm³/mol. The standard InChI is InChI=1S/C24H22ClFN2O5S/c1-15-6-8-19(9-7-15)34(30,31)33-14-20(29)22(16-4-3-5-18(26)12-16)28-11-10-17-13-21(32-2)27-24(25)23(17)28/h3-13,20,22,29H,14H2,1-2H3/t20-,22+/m1/s1. The van der Waals surface area contributed by atoms with Crippen LogP contribution in [0, 0.1) is 12.7 Å². The average molecular weight is 505 g/mol. The molecule has 2 aromatic carbocycles. The number of benzene rings is 2. The van der Waals surface area contributed by atoms with Crippen molar-refractivity contribution in [2.24, 2.45) is 0 Å². The number of hydrogen-bond acceptors (Lipinski definition) is 6. The lowest BCUT2D eigenvalue weighted by Crippen LogP contribution is -2.30. The van der Waals surface area contributed by atoms with Gasteiger partial charge in [0.15, 0.2) is 5.15 Å². The van der Waals surface area contributed by atoms with Crippen LogP contribution in [0.3, 0.4) is 0 Å². The molecular formula is C24H22ClFN2O5S. The fraction of sp³-hybridized carbons (Fsp3) is 0.208. The van der Waals surface area contributed by atoms with Gasteiger partial charge in [-0.3, -0.25) is 4.18 Å². The van der Waals surface area contributed by atoms with Crippen LogP contribution in [0.5, 0.6) is 5.88 Å². The van der Waals surface area contributed by atoms with Crippen molar-refractivity contribution in [1.82, 2.24) is 9.55 Å². The van der Waals surface area contributed by atoms with E-state index in [1.165, 1.54) is 37.4 Å². The molecular weight excluding hydrogens is 483 g/mol. The number of halogens is 2. The van der Waals surface area contributed by atoms with Crippen LogP contribution in [0.2, 0.25) is 5.15 Å². The first-order valence-corrected chi connectivity index (χ1v) is 12.1. The Morgan fingerprint density at radius 1 is 1.15 bits per heavy atom. The average Bonchev–Trinajstić information content (AvgIpc) is 3.22. The Balaban J connectivity index is 1.71. The fourth-order valence-electron chi connectivity index (χ4n) is 3.74. The lowest BCUT2D eigenvalue weighted by molar-refractivity contribution is 0.0784. The molecule has 0 saturated heterocycles. The largest absolute Gasteiger partial charge is 0.481 e. The molecule has 0 radical (unpaired) electrons. The highest BCUT2D eigenvalue weighted by molar-refractivity contribution is 7.86. The zero-order chi connectivity index (χ0) is 24.5. The van der Waals surface area contributed by atoms with Crippen LogP contribution in [0.15, 0.2) is 71.8 Å². The molecule has 2 aromatic heterocycles. The first-order valence-electron chi connectivity index (χ1n) is 10.3. The Labute approximate surface area is 201 Å². The summed E-state index contributed by atoms with van der Waals surface area (Å²) >= 11 is 6.40. The molecule has 0 unspecified atom stereocenters. The van der Waals surface area contributed by atoms with E-state index in [2.05, 4.69) is 4.98 Å². The molecule has 34 heavy (non-hydrogen) atoms. The first kappa shape index (κ1) is 24.2. The van der Waals surface area contributed by atoms with Crippen molar-refractivity contribution < 1.29 is 26.8 Å². The highest BCUT2D eigenvalue weighted by atomic mass is 35.5. The van der Waals surface area contributed by atoms with Crippen molar-refractivity contribution in [3.63, 3.8) is 0 Å². The maximum Gasteiger partial charge on any atom is 0.297 e. The Bertz CT molecular complexity index is 1420. The number of methoxy groups -OCH3 is 1. The number of fused-ring (bicyclic) bond motifs is 1. The quantitative estimate of drug-likeness (QED) is 0.280. The number of aryl methyl sites for hydroxylation is 1. The van der Waals surface area contributed by atoms with Gasteiger partial charge >= 0.3 is 0 Å². The van der Waals surface area contributed by atoms with Gasteiger partial charge in [0.1, 0.15) is 11.9 Å². The number of aliphatic hydroxyl groups excluding tert-OH is 1.